The van der Waals surface area contributed by atoms with Crippen LogP contribution in [0, 0.1) is 11.8 Å². The second kappa shape index (κ2) is 6.24. The maximum Gasteiger partial charge on any atom is 0.310 e. The Morgan fingerprint density at radius 3 is 2.19 bits per heavy atom. The molecule has 0 fully saturated rings. The van der Waals surface area contributed by atoms with Crippen LogP contribution in [0.2, 0.25) is 0 Å². The van der Waals surface area contributed by atoms with Gasteiger partial charge in [-0.2, -0.15) is 0 Å². The van der Waals surface area contributed by atoms with Gasteiger partial charge in [0.25, 0.3) is 0 Å². The summed E-state index contributed by atoms with van der Waals surface area (Å²) in [4.78, 5) is 11.8. The maximum atomic E-state index is 11.8. The smallest absolute Gasteiger partial charge is 0.310 e. The normalized spacial score (nSPS) is 17.7. The molecule has 0 aromatic carbocycles. The van der Waals surface area contributed by atoms with Gasteiger partial charge in [-0.15, -0.1) is 0 Å². The summed E-state index contributed by atoms with van der Waals surface area (Å²) in [5.41, 5.74) is 5.58. The van der Waals surface area contributed by atoms with Gasteiger partial charge in [0.1, 0.15) is 5.60 Å². The molecule has 3 atom stereocenters. The van der Waals surface area contributed by atoms with Crippen molar-refractivity contribution >= 4 is 5.97 Å². The summed E-state index contributed by atoms with van der Waals surface area (Å²) in [6.07, 6.45) is 1.96. The predicted molar refractivity (Wildman–Crippen MR) is 67.1 cm³/mol. The lowest BCUT2D eigenvalue weighted by molar-refractivity contribution is -0.160. The van der Waals surface area contributed by atoms with Crippen molar-refractivity contribution in [2.45, 2.75) is 66.0 Å². The summed E-state index contributed by atoms with van der Waals surface area (Å²) in [7, 11) is 0. The first kappa shape index (κ1) is 15.4. The molecule has 0 spiro atoms. The Morgan fingerprint density at radius 1 is 1.31 bits per heavy atom. The lowest BCUT2D eigenvalue weighted by Crippen LogP contribution is -2.38. The average Bonchev–Trinajstić information content (AvgIpc) is 2.13. The van der Waals surface area contributed by atoms with Gasteiger partial charge < -0.3 is 10.5 Å². The highest BCUT2D eigenvalue weighted by atomic mass is 16.6. The molecule has 0 aliphatic carbocycles. The number of esters is 1. The van der Waals surface area contributed by atoms with Crippen molar-refractivity contribution in [1.29, 1.82) is 0 Å². The highest BCUT2D eigenvalue weighted by molar-refractivity contribution is 5.73. The zero-order valence-corrected chi connectivity index (χ0v) is 11.5. The first-order chi connectivity index (χ1) is 7.17. The Kier molecular flexibility index (Phi) is 6.01. The van der Waals surface area contributed by atoms with Gasteiger partial charge in [0.2, 0.25) is 0 Å². The van der Waals surface area contributed by atoms with Crippen LogP contribution in [0.5, 0.6) is 0 Å². The number of carbonyl (C=O) groups excluding carboxylic acids is 1. The summed E-state index contributed by atoms with van der Waals surface area (Å²) >= 11 is 0. The molecule has 0 heterocycles. The molecule has 0 saturated heterocycles. The SMILES string of the molecule is CC[C@@H](C)C[C@H](N)C(C)C(=O)OC(C)(C)C. The Labute approximate surface area is 99.7 Å². The van der Waals surface area contributed by atoms with Crippen LogP contribution in [-0.4, -0.2) is 17.6 Å². The summed E-state index contributed by atoms with van der Waals surface area (Å²) in [5.74, 6) is 0.136. The molecule has 0 saturated carbocycles. The molecule has 2 N–H and O–H groups in total. The minimum atomic E-state index is -0.429. The number of hydrogen-bond donors (Lipinski definition) is 1. The van der Waals surface area contributed by atoms with Gasteiger partial charge in [-0.3, -0.25) is 4.79 Å². The standard InChI is InChI=1S/C13H27NO2/c1-7-9(2)8-11(14)10(3)12(15)16-13(4,5)6/h9-11H,7-8,14H2,1-6H3/t9-,10?,11+/m1/s1. The second-order valence-electron chi connectivity index (χ2n) is 5.74. The Balaban J connectivity index is 4.22. The van der Waals surface area contributed by atoms with E-state index in [4.69, 9.17) is 10.5 Å². The fourth-order valence-electron chi connectivity index (χ4n) is 1.40. The van der Waals surface area contributed by atoms with Crippen molar-refractivity contribution in [2.24, 2.45) is 17.6 Å². The van der Waals surface area contributed by atoms with Crippen molar-refractivity contribution in [3.63, 3.8) is 0 Å². The maximum absolute atomic E-state index is 11.8. The Hall–Kier alpha value is -0.570. The lowest BCUT2D eigenvalue weighted by atomic mass is 9.92. The minimum absolute atomic E-state index is 0.107. The third-order valence-electron chi connectivity index (χ3n) is 2.79. The zero-order valence-electron chi connectivity index (χ0n) is 11.5. The molecule has 0 aliphatic rings. The van der Waals surface area contributed by atoms with Crippen LogP contribution in [-0.2, 0) is 9.53 Å². The fourth-order valence-corrected chi connectivity index (χ4v) is 1.40. The molecule has 0 bridgehead atoms. The quantitative estimate of drug-likeness (QED) is 0.737. The zero-order chi connectivity index (χ0) is 12.9. The van der Waals surface area contributed by atoms with E-state index in [1.807, 2.05) is 27.7 Å². The molecule has 0 amide bonds. The summed E-state index contributed by atoms with van der Waals surface area (Å²) < 4.78 is 5.32. The van der Waals surface area contributed by atoms with E-state index in [1.165, 1.54) is 0 Å². The van der Waals surface area contributed by atoms with Crippen molar-refractivity contribution in [3.05, 3.63) is 0 Å². The molecular formula is C13H27NO2. The number of carbonyl (C=O) groups is 1. The monoisotopic (exact) mass is 229 g/mol. The van der Waals surface area contributed by atoms with Crippen molar-refractivity contribution in [2.75, 3.05) is 0 Å². The van der Waals surface area contributed by atoms with E-state index < -0.39 is 5.60 Å². The molecule has 0 aliphatic heterocycles. The van der Waals surface area contributed by atoms with Gasteiger partial charge in [0.05, 0.1) is 5.92 Å². The summed E-state index contributed by atoms with van der Waals surface area (Å²) in [6.45, 7) is 11.8. The molecule has 16 heavy (non-hydrogen) atoms. The minimum Gasteiger partial charge on any atom is -0.460 e. The lowest BCUT2D eigenvalue weighted by Gasteiger charge is -2.26. The number of nitrogens with two attached hydrogens (primary N) is 1. The first-order valence-electron chi connectivity index (χ1n) is 6.15. The van der Waals surface area contributed by atoms with E-state index in [-0.39, 0.29) is 17.9 Å². The van der Waals surface area contributed by atoms with E-state index in [2.05, 4.69) is 13.8 Å². The summed E-state index contributed by atoms with van der Waals surface area (Å²) in [5, 5.41) is 0. The van der Waals surface area contributed by atoms with Gasteiger partial charge in [-0.25, -0.2) is 0 Å². The third kappa shape index (κ3) is 6.11. The van der Waals surface area contributed by atoms with E-state index in [9.17, 15) is 4.79 Å². The number of rotatable bonds is 5. The molecular weight excluding hydrogens is 202 g/mol. The molecule has 0 rings (SSSR count). The number of hydrogen-bond acceptors (Lipinski definition) is 3. The highest BCUT2D eigenvalue weighted by Crippen LogP contribution is 2.18. The average molecular weight is 229 g/mol. The molecule has 3 heteroatoms. The summed E-state index contributed by atoms with van der Waals surface area (Å²) in [6, 6.07) is -0.107. The van der Waals surface area contributed by atoms with Crippen LogP contribution in [0.4, 0.5) is 0 Å². The highest BCUT2D eigenvalue weighted by Gasteiger charge is 2.26. The predicted octanol–water partition coefficient (Wildman–Crippen LogP) is 2.73. The van der Waals surface area contributed by atoms with E-state index >= 15 is 0 Å². The van der Waals surface area contributed by atoms with Crippen LogP contribution < -0.4 is 5.73 Å². The number of ether oxygens (including phenoxy) is 1. The molecule has 3 nitrogen and oxygen atoms in total. The molecule has 96 valence electrons. The van der Waals surface area contributed by atoms with Gasteiger partial charge >= 0.3 is 5.97 Å². The largest absolute Gasteiger partial charge is 0.460 e. The molecule has 0 aromatic rings. The van der Waals surface area contributed by atoms with Crippen molar-refractivity contribution < 1.29 is 9.53 Å². The van der Waals surface area contributed by atoms with Gasteiger partial charge in [0.15, 0.2) is 0 Å². The van der Waals surface area contributed by atoms with Crippen LogP contribution in [0.25, 0.3) is 0 Å². The topological polar surface area (TPSA) is 52.3 Å². The van der Waals surface area contributed by atoms with Gasteiger partial charge in [0, 0.05) is 6.04 Å². The van der Waals surface area contributed by atoms with E-state index in [0.717, 1.165) is 12.8 Å². The van der Waals surface area contributed by atoms with E-state index in [1.54, 1.807) is 0 Å². The Morgan fingerprint density at radius 2 is 1.81 bits per heavy atom. The molecule has 1 unspecified atom stereocenters. The van der Waals surface area contributed by atoms with Gasteiger partial charge in [-0.05, 0) is 33.1 Å². The van der Waals surface area contributed by atoms with Gasteiger partial charge in [-0.1, -0.05) is 27.2 Å². The molecule has 0 aromatic heterocycles. The van der Waals surface area contributed by atoms with Crippen LogP contribution in [0.3, 0.4) is 0 Å². The second-order valence-corrected chi connectivity index (χ2v) is 5.74. The van der Waals surface area contributed by atoms with Crippen molar-refractivity contribution in [1.82, 2.24) is 0 Å². The first-order valence-corrected chi connectivity index (χ1v) is 6.15. The fraction of sp³-hybridized carbons (Fsp3) is 0.923. The Bertz CT molecular complexity index is 220. The van der Waals surface area contributed by atoms with E-state index in [0.29, 0.717) is 5.92 Å². The third-order valence-corrected chi connectivity index (χ3v) is 2.79. The van der Waals surface area contributed by atoms with Crippen LogP contribution in [0.15, 0.2) is 0 Å². The van der Waals surface area contributed by atoms with Crippen molar-refractivity contribution in [3.8, 4) is 0 Å². The van der Waals surface area contributed by atoms with Crippen LogP contribution >= 0.6 is 0 Å². The van der Waals surface area contributed by atoms with Crippen LogP contribution in [0.1, 0.15) is 54.4 Å². The molecule has 0 radical (unpaired) electrons.